The van der Waals surface area contributed by atoms with Gasteiger partial charge in [0.05, 0.1) is 17.4 Å². The van der Waals surface area contributed by atoms with Gasteiger partial charge in [-0.25, -0.2) is 4.98 Å². The topological polar surface area (TPSA) is 51.0 Å². The Labute approximate surface area is 166 Å². The third-order valence-corrected chi connectivity index (χ3v) is 5.83. The second-order valence-electron chi connectivity index (χ2n) is 7.03. The third-order valence-electron chi connectivity index (χ3n) is 5.47. The number of hydrogen-bond donors (Lipinski definition) is 0. The van der Waals surface area contributed by atoms with Crippen LogP contribution in [-0.2, 0) is 6.18 Å². The molecule has 0 bridgehead atoms. The van der Waals surface area contributed by atoms with Gasteiger partial charge in [-0.2, -0.15) is 23.0 Å². The summed E-state index contributed by atoms with van der Waals surface area (Å²) in [6.07, 6.45) is 0.924. The highest BCUT2D eigenvalue weighted by molar-refractivity contribution is 6.33. The molecule has 0 saturated carbocycles. The number of anilines is 1. The normalized spacial score (nSPS) is 17.5. The van der Waals surface area contributed by atoms with Crippen LogP contribution in [0.1, 0.15) is 38.7 Å². The van der Waals surface area contributed by atoms with Gasteiger partial charge in [0.15, 0.2) is 5.82 Å². The molecule has 1 saturated heterocycles. The van der Waals surface area contributed by atoms with Crippen molar-refractivity contribution in [3.05, 3.63) is 45.5 Å². The predicted octanol–water partition coefficient (Wildman–Crippen LogP) is 4.56. The standard InChI is InChI=1S/C19H22ClF3N4O/c1-3-12(4-2)13-7-8-26(11-13)15-10-25-27(18(28)17(15)20)16-6-5-14(9-24-16)19(21,22)23/h5-6,9-10,12-13H,3-4,7-8,11H2,1-2H3. The minimum absolute atomic E-state index is 0.00175. The maximum Gasteiger partial charge on any atom is 0.417 e. The summed E-state index contributed by atoms with van der Waals surface area (Å²) in [6, 6.07) is 1.96. The number of halogens is 4. The molecule has 0 aromatic carbocycles. The van der Waals surface area contributed by atoms with Crippen LogP contribution in [0.2, 0.25) is 5.02 Å². The van der Waals surface area contributed by atoms with Crippen molar-refractivity contribution in [3.63, 3.8) is 0 Å². The highest BCUT2D eigenvalue weighted by atomic mass is 35.5. The van der Waals surface area contributed by atoms with Gasteiger partial charge in [0.25, 0.3) is 5.56 Å². The Morgan fingerprint density at radius 1 is 1.25 bits per heavy atom. The fourth-order valence-electron chi connectivity index (χ4n) is 3.83. The molecule has 152 valence electrons. The maximum atomic E-state index is 12.7. The molecular formula is C19H22ClF3N4O. The third kappa shape index (κ3) is 4.01. The smallest absolute Gasteiger partial charge is 0.369 e. The fraction of sp³-hybridized carbons (Fsp3) is 0.526. The molecule has 9 heteroatoms. The number of hydrogen-bond acceptors (Lipinski definition) is 4. The van der Waals surface area contributed by atoms with Crippen LogP contribution in [0.4, 0.5) is 18.9 Å². The van der Waals surface area contributed by atoms with E-state index < -0.39 is 17.3 Å². The zero-order chi connectivity index (χ0) is 20.5. The van der Waals surface area contributed by atoms with E-state index in [-0.39, 0.29) is 10.8 Å². The van der Waals surface area contributed by atoms with Gasteiger partial charge in [-0.15, -0.1) is 0 Å². The Bertz CT molecular complexity index is 878. The molecule has 1 fully saturated rings. The van der Waals surface area contributed by atoms with Crippen molar-refractivity contribution in [1.82, 2.24) is 14.8 Å². The van der Waals surface area contributed by atoms with Gasteiger partial charge < -0.3 is 4.90 Å². The predicted molar refractivity (Wildman–Crippen MR) is 102 cm³/mol. The molecule has 28 heavy (non-hydrogen) atoms. The van der Waals surface area contributed by atoms with Gasteiger partial charge in [-0.3, -0.25) is 4.79 Å². The molecule has 2 aromatic heterocycles. The van der Waals surface area contributed by atoms with E-state index in [0.29, 0.717) is 23.7 Å². The van der Waals surface area contributed by atoms with E-state index in [1.54, 1.807) is 0 Å². The Kier molecular flexibility index (Phi) is 5.98. The van der Waals surface area contributed by atoms with Gasteiger partial charge in [0.2, 0.25) is 0 Å². The van der Waals surface area contributed by atoms with Crippen LogP contribution >= 0.6 is 11.6 Å². The van der Waals surface area contributed by atoms with Crippen LogP contribution in [0.25, 0.3) is 5.82 Å². The first-order chi connectivity index (χ1) is 13.3. The summed E-state index contributed by atoms with van der Waals surface area (Å²) in [5, 5.41) is 4.09. The average molecular weight is 415 g/mol. The molecule has 0 spiro atoms. The van der Waals surface area contributed by atoms with E-state index in [4.69, 9.17) is 11.6 Å². The number of aromatic nitrogens is 3. The molecule has 3 rings (SSSR count). The molecule has 0 aliphatic carbocycles. The second kappa shape index (κ2) is 8.11. The molecule has 3 heterocycles. The molecule has 2 aromatic rings. The van der Waals surface area contributed by atoms with Gasteiger partial charge in [-0.05, 0) is 30.4 Å². The zero-order valence-corrected chi connectivity index (χ0v) is 16.5. The van der Waals surface area contributed by atoms with Crippen molar-refractivity contribution in [2.24, 2.45) is 11.8 Å². The summed E-state index contributed by atoms with van der Waals surface area (Å²) in [6.45, 7) is 5.98. The zero-order valence-electron chi connectivity index (χ0n) is 15.7. The first-order valence-electron chi connectivity index (χ1n) is 9.32. The van der Waals surface area contributed by atoms with Crippen molar-refractivity contribution in [1.29, 1.82) is 0 Å². The number of alkyl halides is 3. The van der Waals surface area contributed by atoms with Crippen molar-refractivity contribution in [2.75, 3.05) is 18.0 Å². The van der Waals surface area contributed by atoms with E-state index in [0.717, 1.165) is 49.2 Å². The molecule has 0 N–H and O–H groups in total. The summed E-state index contributed by atoms with van der Waals surface area (Å²) >= 11 is 6.30. The molecule has 1 atom stereocenters. The van der Waals surface area contributed by atoms with E-state index in [2.05, 4.69) is 28.8 Å². The average Bonchev–Trinajstić information content (AvgIpc) is 3.14. The molecule has 1 aliphatic rings. The highest BCUT2D eigenvalue weighted by Gasteiger charge is 2.31. The summed E-state index contributed by atoms with van der Waals surface area (Å²) in [7, 11) is 0. The van der Waals surface area contributed by atoms with Crippen molar-refractivity contribution < 1.29 is 13.2 Å². The molecule has 1 aliphatic heterocycles. The minimum Gasteiger partial charge on any atom is -0.369 e. The van der Waals surface area contributed by atoms with Gasteiger partial charge in [-0.1, -0.05) is 38.3 Å². The van der Waals surface area contributed by atoms with Crippen LogP contribution in [0.3, 0.4) is 0 Å². The second-order valence-corrected chi connectivity index (χ2v) is 7.41. The molecule has 0 radical (unpaired) electrons. The Morgan fingerprint density at radius 3 is 2.54 bits per heavy atom. The lowest BCUT2D eigenvalue weighted by Crippen LogP contribution is -2.28. The molecule has 5 nitrogen and oxygen atoms in total. The van der Waals surface area contributed by atoms with Crippen LogP contribution in [0, 0.1) is 11.8 Å². The monoisotopic (exact) mass is 414 g/mol. The SMILES string of the molecule is CCC(CC)C1CCN(c2cnn(-c3ccc(C(F)(F)F)cn3)c(=O)c2Cl)C1. The van der Waals surface area contributed by atoms with Crippen molar-refractivity contribution in [3.8, 4) is 5.82 Å². The van der Waals surface area contributed by atoms with E-state index in [9.17, 15) is 18.0 Å². The van der Waals surface area contributed by atoms with Crippen molar-refractivity contribution >= 4 is 17.3 Å². The highest BCUT2D eigenvalue weighted by Crippen LogP contribution is 2.33. The summed E-state index contributed by atoms with van der Waals surface area (Å²) in [4.78, 5) is 18.4. The number of nitrogens with zero attached hydrogens (tertiary/aromatic N) is 4. The van der Waals surface area contributed by atoms with Gasteiger partial charge in [0, 0.05) is 19.3 Å². The quantitative estimate of drug-likeness (QED) is 0.719. The minimum atomic E-state index is -4.49. The summed E-state index contributed by atoms with van der Waals surface area (Å²) in [5.74, 6) is 1.17. The summed E-state index contributed by atoms with van der Waals surface area (Å²) < 4.78 is 39.0. The Balaban J connectivity index is 1.85. The lowest BCUT2D eigenvalue weighted by molar-refractivity contribution is -0.137. The first-order valence-corrected chi connectivity index (χ1v) is 9.70. The summed E-state index contributed by atoms with van der Waals surface area (Å²) in [5.41, 5.74) is -0.933. The number of pyridine rings is 1. The molecule has 1 unspecified atom stereocenters. The molecule has 0 amide bonds. The maximum absolute atomic E-state index is 12.7. The van der Waals surface area contributed by atoms with E-state index in [1.165, 1.54) is 6.20 Å². The van der Waals surface area contributed by atoms with E-state index >= 15 is 0 Å². The number of rotatable bonds is 5. The van der Waals surface area contributed by atoms with Crippen LogP contribution < -0.4 is 10.5 Å². The lowest BCUT2D eigenvalue weighted by atomic mass is 9.87. The Hall–Kier alpha value is -2.09. The van der Waals surface area contributed by atoms with Gasteiger partial charge >= 0.3 is 6.18 Å². The first kappa shape index (κ1) is 20.6. The Morgan fingerprint density at radius 2 is 1.96 bits per heavy atom. The van der Waals surface area contributed by atoms with Crippen LogP contribution in [-0.4, -0.2) is 27.9 Å². The van der Waals surface area contributed by atoms with Gasteiger partial charge in [0.1, 0.15) is 5.02 Å². The molecular weight excluding hydrogens is 393 g/mol. The lowest BCUT2D eigenvalue weighted by Gasteiger charge is -2.23. The van der Waals surface area contributed by atoms with Crippen molar-refractivity contribution in [2.45, 2.75) is 39.3 Å². The largest absolute Gasteiger partial charge is 0.417 e. The van der Waals surface area contributed by atoms with Crippen LogP contribution in [0.5, 0.6) is 0 Å². The fourth-order valence-corrected chi connectivity index (χ4v) is 4.08. The van der Waals surface area contributed by atoms with E-state index in [1.807, 2.05) is 0 Å². The van der Waals surface area contributed by atoms with Crippen LogP contribution in [0.15, 0.2) is 29.3 Å².